The molecule has 5 aliphatic rings. The number of fused-ring (bicyclic) bond motifs is 4. The number of rotatable bonds is 4. The fourth-order valence-electron chi connectivity index (χ4n) is 9.89. The highest BCUT2D eigenvalue weighted by Gasteiger charge is 2.77. The zero-order valence-corrected chi connectivity index (χ0v) is 17.9. The zero-order chi connectivity index (χ0) is 19.0. The van der Waals surface area contributed by atoms with Crippen LogP contribution >= 0.6 is 0 Å². The van der Waals surface area contributed by atoms with Crippen LogP contribution in [0.5, 0.6) is 0 Å². The Morgan fingerprint density at radius 1 is 1.11 bits per heavy atom. The van der Waals surface area contributed by atoms with E-state index in [2.05, 4.69) is 26.8 Å². The molecule has 5 fully saturated rings. The van der Waals surface area contributed by atoms with Gasteiger partial charge in [-0.2, -0.15) is 0 Å². The third-order valence-corrected chi connectivity index (χ3v) is 11.1. The van der Waals surface area contributed by atoms with Gasteiger partial charge in [0.05, 0.1) is 12.7 Å². The van der Waals surface area contributed by atoms with Crippen molar-refractivity contribution in [3.05, 3.63) is 12.2 Å². The summed E-state index contributed by atoms with van der Waals surface area (Å²) in [5.41, 5.74) is 1.58. The molecule has 0 bridgehead atoms. The standard InChI is InChI=1S/C25H40O2/c1-16(6-5-13-26)19-7-8-20-18-14-22(27-4)25-15-17(25)9-12-24(25,3)21(18)10-11-23(19,20)2/h5-6,16-22,26H,7-15H2,1-4H3/b6-5+/t16-,17+,18+,19-,20+,21+,22-,23-,24-,25?/m1/s1. The SMILES string of the molecule is CO[C@@H]1C[C@H]2[C@@H]3CC[C@H]([C@H](C)/C=C/CO)[C@@]3(C)CC[C@@H]2[C@@]2(C)CC[C@H]3CC312. The number of allylic oxidation sites excluding steroid dienone is 1. The average Bonchev–Trinajstić information content (AvgIpc) is 3.16. The van der Waals surface area contributed by atoms with Crippen LogP contribution < -0.4 is 0 Å². The molecule has 0 aromatic heterocycles. The third kappa shape index (κ3) is 2.21. The summed E-state index contributed by atoms with van der Waals surface area (Å²) < 4.78 is 6.23. The topological polar surface area (TPSA) is 29.5 Å². The van der Waals surface area contributed by atoms with E-state index in [-0.39, 0.29) is 6.61 Å². The van der Waals surface area contributed by atoms with Crippen molar-refractivity contribution in [2.24, 2.45) is 51.8 Å². The first kappa shape index (κ1) is 18.7. The Bertz CT molecular complexity index is 628. The third-order valence-electron chi connectivity index (χ3n) is 11.1. The van der Waals surface area contributed by atoms with Gasteiger partial charge in [-0.3, -0.25) is 0 Å². The molecule has 0 aromatic rings. The Balaban J connectivity index is 1.45. The van der Waals surface area contributed by atoms with Crippen molar-refractivity contribution in [2.45, 2.75) is 78.2 Å². The van der Waals surface area contributed by atoms with Gasteiger partial charge < -0.3 is 9.84 Å². The average molecular weight is 373 g/mol. The van der Waals surface area contributed by atoms with Crippen LogP contribution in [0.1, 0.15) is 72.1 Å². The summed E-state index contributed by atoms with van der Waals surface area (Å²) in [6.45, 7) is 7.86. The van der Waals surface area contributed by atoms with E-state index in [1.54, 1.807) is 0 Å². The molecule has 0 saturated heterocycles. The lowest BCUT2D eigenvalue weighted by atomic mass is 9.45. The maximum Gasteiger partial charge on any atom is 0.0638 e. The largest absolute Gasteiger partial charge is 0.392 e. The summed E-state index contributed by atoms with van der Waals surface area (Å²) in [5, 5.41) is 9.21. The van der Waals surface area contributed by atoms with Crippen molar-refractivity contribution >= 4 is 0 Å². The van der Waals surface area contributed by atoms with Crippen LogP contribution in [-0.2, 0) is 4.74 Å². The van der Waals surface area contributed by atoms with Gasteiger partial charge in [0.1, 0.15) is 0 Å². The van der Waals surface area contributed by atoms with Gasteiger partial charge >= 0.3 is 0 Å². The fourth-order valence-corrected chi connectivity index (χ4v) is 9.89. The minimum absolute atomic E-state index is 0.180. The molecule has 0 radical (unpaired) electrons. The Hall–Kier alpha value is -0.340. The summed E-state index contributed by atoms with van der Waals surface area (Å²) in [4.78, 5) is 0. The first-order chi connectivity index (χ1) is 12.9. The quantitative estimate of drug-likeness (QED) is 0.665. The number of ether oxygens (including phenoxy) is 1. The highest BCUT2D eigenvalue weighted by molar-refractivity contribution is 5.26. The molecule has 0 amide bonds. The van der Waals surface area contributed by atoms with Gasteiger partial charge in [0.15, 0.2) is 0 Å². The van der Waals surface area contributed by atoms with Crippen molar-refractivity contribution in [1.82, 2.24) is 0 Å². The van der Waals surface area contributed by atoms with Crippen LogP contribution in [0.3, 0.4) is 0 Å². The molecule has 5 rings (SSSR count). The van der Waals surface area contributed by atoms with E-state index < -0.39 is 0 Å². The summed E-state index contributed by atoms with van der Waals surface area (Å²) in [6.07, 6.45) is 16.2. The van der Waals surface area contributed by atoms with E-state index >= 15 is 0 Å². The van der Waals surface area contributed by atoms with Gasteiger partial charge in [-0.1, -0.05) is 32.9 Å². The monoisotopic (exact) mass is 372 g/mol. The molecule has 0 aliphatic heterocycles. The minimum Gasteiger partial charge on any atom is -0.392 e. The molecule has 1 N–H and O–H groups in total. The lowest BCUT2D eigenvalue weighted by Gasteiger charge is -2.61. The Morgan fingerprint density at radius 3 is 2.63 bits per heavy atom. The van der Waals surface area contributed by atoms with E-state index in [0.29, 0.717) is 28.3 Å². The second-order valence-corrected chi connectivity index (χ2v) is 11.4. The van der Waals surface area contributed by atoms with E-state index in [9.17, 15) is 5.11 Å². The van der Waals surface area contributed by atoms with Crippen LogP contribution in [0.25, 0.3) is 0 Å². The molecule has 0 heterocycles. The van der Waals surface area contributed by atoms with Crippen molar-refractivity contribution in [3.63, 3.8) is 0 Å². The first-order valence-electron chi connectivity index (χ1n) is 11.7. The van der Waals surface area contributed by atoms with Crippen LogP contribution in [0.15, 0.2) is 12.2 Å². The van der Waals surface area contributed by atoms with Crippen LogP contribution in [0.4, 0.5) is 0 Å². The van der Waals surface area contributed by atoms with Crippen LogP contribution in [0.2, 0.25) is 0 Å². The second kappa shape index (κ2) is 6.08. The van der Waals surface area contributed by atoms with Crippen molar-refractivity contribution in [1.29, 1.82) is 0 Å². The summed E-state index contributed by atoms with van der Waals surface area (Å²) in [7, 11) is 2.00. The highest BCUT2D eigenvalue weighted by atomic mass is 16.5. The molecular weight excluding hydrogens is 332 g/mol. The number of aliphatic hydroxyl groups excluding tert-OH is 1. The first-order valence-corrected chi connectivity index (χ1v) is 11.7. The molecule has 5 aliphatic carbocycles. The maximum atomic E-state index is 9.21. The van der Waals surface area contributed by atoms with Gasteiger partial charge in [-0.05, 0) is 97.7 Å². The molecule has 27 heavy (non-hydrogen) atoms. The normalized spacial score (nSPS) is 57.1. The molecule has 1 spiro atoms. The van der Waals surface area contributed by atoms with E-state index in [1.165, 1.54) is 51.4 Å². The van der Waals surface area contributed by atoms with Crippen molar-refractivity contribution in [3.8, 4) is 0 Å². The molecule has 0 aromatic carbocycles. The summed E-state index contributed by atoms with van der Waals surface area (Å²) in [5.74, 6) is 5.05. The smallest absolute Gasteiger partial charge is 0.0638 e. The van der Waals surface area contributed by atoms with E-state index in [0.717, 1.165) is 29.6 Å². The molecule has 1 unspecified atom stereocenters. The molecule has 152 valence electrons. The highest BCUT2D eigenvalue weighted by Crippen LogP contribution is 2.82. The van der Waals surface area contributed by atoms with Gasteiger partial charge in [0.2, 0.25) is 0 Å². The van der Waals surface area contributed by atoms with Gasteiger partial charge in [0, 0.05) is 12.5 Å². The predicted molar refractivity (Wildman–Crippen MR) is 109 cm³/mol. The summed E-state index contributed by atoms with van der Waals surface area (Å²) in [6, 6.07) is 0. The van der Waals surface area contributed by atoms with Crippen LogP contribution in [0, 0.1) is 51.8 Å². The zero-order valence-electron chi connectivity index (χ0n) is 17.9. The molecule has 5 saturated carbocycles. The Labute approximate surface area is 166 Å². The Morgan fingerprint density at radius 2 is 1.93 bits per heavy atom. The number of methoxy groups -OCH3 is 1. The fraction of sp³-hybridized carbons (Fsp3) is 0.920. The van der Waals surface area contributed by atoms with Gasteiger partial charge in [-0.25, -0.2) is 0 Å². The second-order valence-electron chi connectivity index (χ2n) is 11.4. The predicted octanol–water partition coefficient (Wildman–Crippen LogP) is 5.45. The van der Waals surface area contributed by atoms with Gasteiger partial charge in [-0.15, -0.1) is 0 Å². The number of aliphatic hydroxyl groups is 1. The lowest BCUT2D eigenvalue weighted by molar-refractivity contribution is -0.160. The van der Waals surface area contributed by atoms with Gasteiger partial charge in [0.25, 0.3) is 0 Å². The molecule has 10 atom stereocenters. The number of hydrogen-bond donors (Lipinski definition) is 1. The molecule has 2 heteroatoms. The van der Waals surface area contributed by atoms with E-state index in [1.807, 2.05) is 13.2 Å². The van der Waals surface area contributed by atoms with Crippen LogP contribution in [-0.4, -0.2) is 24.9 Å². The summed E-state index contributed by atoms with van der Waals surface area (Å²) >= 11 is 0. The van der Waals surface area contributed by atoms with Crippen molar-refractivity contribution < 1.29 is 9.84 Å². The molecule has 2 nitrogen and oxygen atoms in total. The maximum absolute atomic E-state index is 9.21. The minimum atomic E-state index is 0.180. The lowest BCUT2D eigenvalue weighted by Crippen LogP contribution is -2.57. The Kier molecular flexibility index (Phi) is 4.21. The molecular formula is C25H40O2. The van der Waals surface area contributed by atoms with E-state index in [4.69, 9.17) is 4.74 Å². The number of hydrogen-bond acceptors (Lipinski definition) is 2. The van der Waals surface area contributed by atoms with Crippen molar-refractivity contribution in [2.75, 3.05) is 13.7 Å².